The summed E-state index contributed by atoms with van der Waals surface area (Å²) >= 11 is 0. The largest absolute Gasteiger partial charge is 0.440 e. The van der Waals surface area contributed by atoms with Gasteiger partial charge >= 0.3 is 6.18 Å². The van der Waals surface area contributed by atoms with Crippen LogP contribution in [0.3, 0.4) is 0 Å². The number of hydrogen-bond acceptors (Lipinski definition) is 4. The highest BCUT2D eigenvalue weighted by Gasteiger charge is 2.36. The fraction of sp³-hybridized carbons (Fsp3) is 0.611. The SMILES string of the molecule is CO[C@@H]1CCCN(Cc2cc(C(F)(F)F)c3oc(C(C)C)nc3c2)C1. The molecule has 0 spiro atoms. The van der Waals surface area contributed by atoms with Crippen molar-refractivity contribution in [3.05, 3.63) is 29.2 Å². The van der Waals surface area contributed by atoms with Gasteiger partial charge in [-0.2, -0.15) is 13.2 Å². The van der Waals surface area contributed by atoms with Crippen LogP contribution in [0.4, 0.5) is 13.2 Å². The zero-order chi connectivity index (χ0) is 18.2. The second kappa shape index (κ2) is 6.96. The third kappa shape index (κ3) is 3.98. The lowest BCUT2D eigenvalue weighted by Crippen LogP contribution is -2.38. The first kappa shape index (κ1) is 18.2. The van der Waals surface area contributed by atoms with Crippen LogP contribution in [0.2, 0.25) is 0 Å². The van der Waals surface area contributed by atoms with Crippen molar-refractivity contribution < 1.29 is 22.3 Å². The normalized spacial score (nSPS) is 19.9. The number of benzene rings is 1. The second-order valence-electron chi connectivity index (χ2n) is 6.93. The number of rotatable bonds is 4. The molecule has 1 aromatic carbocycles. The summed E-state index contributed by atoms with van der Waals surface area (Å²) in [6.45, 7) is 5.72. The van der Waals surface area contributed by atoms with Gasteiger partial charge in [-0.25, -0.2) is 4.98 Å². The molecule has 4 nitrogen and oxygen atoms in total. The second-order valence-corrected chi connectivity index (χ2v) is 6.93. The Kier molecular flexibility index (Phi) is 5.06. The van der Waals surface area contributed by atoms with E-state index in [9.17, 15) is 13.2 Å². The van der Waals surface area contributed by atoms with Crippen molar-refractivity contribution in [3.8, 4) is 0 Å². The lowest BCUT2D eigenvalue weighted by Gasteiger charge is -2.31. The number of nitrogens with zero attached hydrogens (tertiary/aromatic N) is 2. The zero-order valence-electron chi connectivity index (χ0n) is 14.7. The quantitative estimate of drug-likeness (QED) is 0.804. The first-order valence-electron chi connectivity index (χ1n) is 8.53. The molecule has 2 heterocycles. The van der Waals surface area contributed by atoms with Gasteiger partial charge in [-0.05, 0) is 37.1 Å². The standard InChI is InChI=1S/C18H23F3N2O2/c1-11(2)17-22-15-8-12(7-14(16(15)25-17)18(19,20)21)9-23-6-4-5-13(10-23)24-3/h7-8,11,13H,4-6,9-10H2,1-3H3/t13-/m1/s1. The van der Waals surface area contributed by atoms with E-state index in [1.165, 1.54) is 6.07 Å². The molecule has 1 aromatic heterocycles. The summed E-state index contributed by atoms with van der Waals surface area (Å²) in [7, 11) is 1.67. The van der Waals surface area contributed by atoms with E-state index in [4.69, 9.17) is 9.15 Å². The number of piperidine rings is 1. The van der Waals surface area contributed by atoms with Crippen molar-refractivity contribution in [1.82, 2.24) is 9.88 Å². The molecule has 0 bridgehead atoms. The van der Waals surface area contributed by atoms with Gasteiger partial charge in [0.15, 0.2) is 11.5 Å². The van der Waals surface area contributed by atoms with Crippen LogP contribution in [0.25, 0.3) is 11.1 Å². The molecule has 0 radical (unpaired) electrons. The van der Waals surface area contributed by atoms with E-state index in [2.05, 4.69) is 9.88 Å². The molecule has 1 fully saturated rings. The van der Waals surface area contributed by atoms with Gasteiger partial charge in [0.05, 0.1) is 6.10 Å². The average Bonchev–Trinajstić information content (AvgIpc) is 2.97. The van der Waals surface area contributed by atoms with Crippen molar-refractivity contribution in [1.29, 1.82) is 0 Å². The van der Waals surface area contributed by atoms with Gasteiger partial charge in [0.25, 0.3) is 0 Å². The third-order valence-electron chi connectivity index (χ3n) is 4.57. The lowest BCUT2D eigenvalue weighted by atomic mass is 10.0. The predicted molar refractivity (Wildman–Crippen MR) is 88.4 cm³/mol. The van der Waals surface area contributed by atoms with Gasteiger partial charge in [0.2, 0.25) is 0 Å². The Balaban J connectivity index is 1.95. The van der Waals surface area contributed by atoms with Crippen LogP contribution in [-0.2, 0) is 17.5 Å². The number of oxazole rings is 1. The summed E-state index contributed by atoms with van der Waals surface area (Å²) in [5, 5.41) is 0. The number of ether oxygens (including phenoxy) is 1. The van der Waals surface area contributed by atoms with Crippen molar-refractivity contribution in [2.45, 2.75) is 51.4 Å². The van der Waals surface area contributed by atoms with Crippen molar-refractivity contribution in [3.63, 3.8) is 0 Å². The summed E-state index contributed by atoms with van der Waals surface area (Å²) in [4.78, 5) is 6.39. The molecule has 0 amide bonds. The first-order chi connectivity index (χ1) is 11.8. The molecule has 0 aliphatic carbocycles. The van der Waals surface area contributed by atoms with Crippen LogP contribution in [-0.4, -0.2) is 36.2 Å². The highest BCUT2D eigenvalue weighted by Crippen LogP contribution is 2.37. The van der Waals surface area contributed by atoms with Crippen LogP contribution in [0, 0.1) is 0 Å². The summed E-state index contributed by atoms with van der Waals surface area (Å²) in [6, 6.07) is 2.89. The molecule has 0 saturated carbocycles. The van der Waals surface area contributed by atoms with Gasteiger partial charge in [-0.1, -0.05) is 13.8 Å². The van der Waals surface area contributed by atoms with E-state index < -0.39 is 11.7 Å². The minimum Gasteiger partial charge on any atom is -0.440 e. The third-order valence-corrected chi connectivity index (χ3v) is 4.57. The Morgan fingerprint density at radius 1 is 1.36 bits per heavy atom. The highest BCUT2D eigenvalue weighted by atomic mass is 19.4. The summed E-state index contributed by atoms with van der Waals surface area (Å²) in [5.41, 5.74) is -0.0536. The van der Waals surface area contributed by atoms with E-state index in [-0.39, 0.29) is 23.1 Å². The number of aromatic nitrogens is 1. The van der Waals surface area contributed by atoms with Crippen LogP contribution in [0.5, 0.6) is 0 Å². The molecule has 1 aliphatic rings. The van der Waals surface area contributed by atoms with Gasteiger partial charge < -0.3 is 9.15 Å². The lowest BCUT2D eigenvalue weighted by molar-refractivity contribution is -0.136. The monoisotopic (exact) mass is 356 g/mol. The number of methoxy groups -OCH3 is 1. The highest BCUT2D eigenvalue weighted by molar-refractivity contribution is 5.78. The summed E-state index contributed by atoms with van der Waals surface area (Å²) in [6.07, 6.45) is -2.37. The Labute approximate surface area is 145 Å². The van der Waals surface area contributed by atoms with E-state index in [0.717, 1.165) is 25.9 Å². The Hall–Kier alpha value is -1.60. The van der Waals surface area contributed by atoms with Gasteiger partial charge in [-0.15, -0.1) is 0 Å². The van der Waals surface area contributed by atoms with Crippen LogP contribution in [0.15, 0.2) is 16.5 Å². The zero-order valence-corrected chi connectivity index (χ0v) is 14.7. The van der Waals surface area contributed by atoms with E-state index in [1.54, 1.807) is 13.2 Å². The van der Waals surface area contributed by atoms with Crippen LogP contribution < -0.4 is 0 Å². The molecule has 3 rings (SSSR count). The maximum absolute atomic E-state index is 13.5. The van der Waals surface area contributed by atoms with Gasteiger partial charge in [-0.3, -0.25) is 4.90 Å². The Morgan fingerprint density at radius 2 is 2.12 bits per heavy atom. The maximum atomic E-state index is 13.5. The Morgan fingerprint density at radius 3 is 2.76 bits per heavy atom. The molecule has 7 heteroatoms. The molecule has 2 aromatic rings. The molecule has 138 valence electrons. The minimum absolute atomic E-state index is 0.0681. The number of fused-ring (bicyclic) bond motifs is 1. The number of hydrogen-bond donors (Lipinski definition) is 0. The molecule has 1 saturated heterocycles. The molecular formula is C18H23F3N2O2. The molecular weight excluding hydrogens is 333 g/mol. The summed E-state index contributed by atoms with van der Waals surface area (Å²) in [5.74, 6) is 0.261. The van der Waals surface area contributed by atoms with E-state index in [1.807, 2.05) is 13.8 Å². The average molecular weight is 356 g/mol. The number of halogens is 3. The number of likely N-dealkylation sites (tertiary alicyclic amines) is 1. The minimum atomic E-state index is -4.47. The topological polar surface area (TPSA) is 38.5 Å². The van der Waals surface area contributed by atoms with Crippen LogP contribution in [0.1, 0.15) is 49.6 Å². The first-order valence-corrected chi connectivity index (χ1v) is 8.53. The van der Waals surface area contributed by atoms with Crippen molar-refractivity contribution in [2.24, 2.45) is 0 Å². The molecule has 1 aliphatic heterocycles. The van der Waals surface area contributed by atoms with Gasteiger partial charge in [0, 0.05) is 26.1 Å². The predicted octanol–water partition coefficient (Wildman–Crippen LogP) is 4.58. The molecule has 1 atom stereocenters. The van der Waals surface area contributed by atoms with Crippen molar-refractivity contribution >= 4 is 11.1 Å². The van der Waals surface area contributed by atoms with Crippen molar-refractivity contribution in [2.75, 3.05) is 20.2 Å². The fourth-order valence-electron chi connectivity index (χ4n) is 3.26. The maximum Gasteiger partial charge on any atom is 0.420 e. The van der Waals surface area contributed by atoms with Crippen LogP contribution >= 0.6 is 0 Å². The number of alkyl halides is 3. The van der Waals surface area contributed by atoms with E-state index >= 15 is 0 Å². The fourth-order valence-corrected chi connectivity index (χ4v) is 3.26. The molecule has 0 N–H and O–H groups in total. The Bertz CT molecular complexity index is 740. The van der Waals surface area contributed by atoms with Gasteiger partial charge in [0.1, 0.15) is 11.1 Å². The smallest absolute Gasteiger partial charge is 0.420 e. The molecule has 25 heavy (non-hydrogen) atoms. The molecule has 0 unspecified atom stereocenters. The van der Waals surface area contributed by atoms with E-state index in [0.29, 0.717) is 18.0 Å². The summed E-state index contributed by atoms with van der Waals surface area (Å²) < 4.78 is 51.2.